The summed E-state index contributed by atoms with van der Waals surface area (Å²) in [5.74, 6) is 0.375. The molecule has 1 aliphatic carbocycles. The van der Waals surface area contributed by atoms with Gasteiger partial charge in [0.2, 0.25) is 0 Å². The first-order valence-corrected chi connectivity index (χ1v) is 6.78. The average molecular weight is 266 g/mol. The quantitative estimate of drug-likeness (QED) is 0.900. The van der Waals surface area contributed by atoms with Crippen molar-refractivity contribution < 1.29 is 4.39 Å². The highest BCUT2D eigenvalue weighted by molar-refractivity contribution is 5.57. The van der Waals surface area contributed by atoms with Gasteiger partial charge in [-0.1, -0.05) is 24.3 Å². The molecular weight excluding hydrogens is 251 g/mol. The van der Waals surface area contributed by atoms with Crippen LogP contribution in [0.15, 0.2) is 42.5 Å². The predicted molar refractivity (Wildman–Crippen MR) is 76.9 cm³/mol. The van der Waals surface area contributed by atoms with Crippen molar-refractivity contribution in [1.29, 1.82) is 5.26 Å². The van der Waals surface area contributed by atoms with Crippen molar-refractivity contribution in [3.8, 4) is 6.07 Å². The number of rotatable bonds is 4. The molecule has 0 unspecified atom stereocenters. The van der Waals surface area contributed by atoms with Gasteiger partial charge in [-0.15, -0.1) is 0 Å². The van der Waals surface area contributed by atoms with Crippen LogP contribution in [0, 0.1) is 17.1 Å². The van der Waals surface area contributed by atoms with Gasteiger partial charge in [-0.25, -0.2) is 4.39 Å². The molecule has 2 aromatic rings. The molecule has 0 bridgehead atoms. The summed E-state index contributed by atoms with van der Waals surface area (Å²) in [4.78, 5) is 0. The molecule has 0 aromatic heterocycles. The molecule has 0 aliphatic heterocycles. The number of hydrogen-bond donors (Lipinski definition) is 1. The van der Waals surface area contributed by atoms with Crippen molar-refractivity contribution in [2.45, 2.75) is 25.3 Å². The van der Waals surface area contributed by atoms with E-state index >= 15 is 0 Å². The van der Waals surface area contributed by atoms with Crippen LogP contribution < -0.4 is 5.32 Å². The molecule has 0 atom stereocenters. The lowest BCUT2D eigenvalue weighted by atomic mass is 10.1. The van der Waals surface area contributed by atoms with Crippen LogP contribution in [0.3, 0.4) is 0 Å². The summed E-state index contributed by atoms with van der Waals surface area (Å²) in [6, 6.07) is 14.8. The second kappa shape index (κ2) is 5.34. The van der Waals surface area contributed by atoms with E-state index in [1.165, 1.54) is 30.5 Å². The fraction of sp³-hybridized carbons (Fsp3) is 0.235. The van der Waals surface area contributed by atoms with Gasteiger partial charge in [0.15, 0.2) is 0 Å². The van der Waals surface area contributed by atoms with Gasteiger partial charge in [-0.05, 0) is 48.1 Å². The molecule has 2 aromatic carbocycles. The molecule has 3 heteroatoms. The van der Waals surface area contributed by atoms with Crippen LogP contribution in [0.25, 0.3) is 0 Å². The largest absolute Gasteiger partial charge is 0.380 e. The van der Waals surface area contributed by atoms with E-state index in [0.29, 0.717) is 17.8 Å². The lowest BCUT2D eigenvalue weighted by molar-refractivity contribution is 0.627. The van der Waals surface area contributed by atoms with Crippen molar-refractivity contribution in [3.63, 3.8) is 0 Å². The summed E-state index contributed by atoms with van der Waals surface area (Å²) in [5, 5.41) is 12.2. The van der Waals surface area contributed by atoms with Gasteiger partial charge in [0.25, 0.3) is 0 Å². The molecule has 1 N–H and O–H groups in total. The van der Waals surface area contributed by atoms with Crippen LogP contribution >= 0.6 is 0 Å². The molecule has 1 saturated carbocycles. The molecule has 0 radical (unpaired) electrons. The Morgan fingerprint density at radius 3 is 2.55 bits per heavy atom. The fourth-order valence-corrected chi connectivity index (χ4v) is 2.28. The molecule has 0 amide bonds. The third kappa shape index (κ3) is 2.80. The summed E-state index contributed by atoms with van der Waals surface area (Å²) in [5.41, 5.74) is 3.57. The number of hydrogen-bond acceptors (Lipinski definition) is 2. The Kier molecular flexibility index (Phi) is 3.39. The third-order valence-electron chi connectivity index (χ3n) is 3.61. The zero-order valence-corrected chi connectivity index (χ0v) is 11.1. The molecule has 100 valence electrons. The van der Waals surface area contributed by atoms with Crippen LogP contribution in [-0.4, -0.2) is 0 Å². The normalized spacial score (nSPS) is 13.8. The lowest BCUT2D eigenvalue weighted by Crippen LogP contribution is -2.01. The lowest BCUT2D eigenvalue weighted by Gasteiger charge is -2.09. The zero-order chi connectivity index (χ0) is 13.9. The van der Waals surface area contributed by atoms with E-state index < -0.39 is 0 Å². The Morgan fingerprint density at radius 1 is 1.15 bits per heavy atom. The first kappa shape index (κ1) is 12.7. The summed E-state index contributed by atoms with van der Waals surface area (Å²) in [6.07, 6.45) is 2.61. The molecule has 1 fully saturated rings. The highest BCUT2D eigenvalue weighted by Gasteiger charge is 2.22. The van der Waals surface area contributed by atoms with Gasteiger partial charge in [0, 0.05) is 6.54 Å². The van der Waals surface area contributed by atoms with E-state index in [2.05, 4.69) is 29.6 Å². The molecule has 3 rings (SSSR count). The summed E-state index contributed by atoms with van der Waals surface area (Å²) < 4.78 is 13.0. The molecule has 0 saturated heterocycles. The summed E-state index contributed by atoms with van der Waals surface area (Å²) >= 11 is 0. The van der Waals surface area contributed by atoms with Crippen molar-refractivity contribution in [1.82, 2.24) is 0 Å². The van der Waals surface area contributed by atoms with Gasteiger partial charge in [0.1, 0.15) is 11.9 Å². The number of nitrogens with zero attached hydrogens (tertiary/aromatic N) is 1. The Bertz CT molecular complexity index is 652. The van der Waals surface area contributed by atoms with Gasteiger partial charge in [-0.2, -0.15) is 5.26 Å². The smallest absolute Gasteiger partial charge is 0.124 e. The Morgan fingerprint density at radius 2 is 1.90 bits per heavy atom. The maximum atomic E-state index is 13.0. The Balaban J connectivity index is 1.68. The van der Waals surface area contributed by atoms with Gasteiger partial charge in [-0.3, -0.25) is 0 Å². The molecule has 20 heavy (non-hydrogen) atoms. The number of halogens is 1. The van der Waals surface area contributed by atoms with Gasteiger partial charge >= 0.3 is 0 Å². The van der Waals surface area contributed by atoms with Crippen LogP contribution in [0.1, 0.15) is 35.4 Å². The minimum Gasteiger partial charge on any atom is -0.380 e. The standard InChI is InChI=1S/C17H15FN2/c18-16-7-8-17(15(9-16)10-19)20-11-12-1-3-13(4-2-12)14-5-6-14/h1-4,7-9,14,20H,5-6,11H2. The van der Waals surface area contributed by atoms with Crippen molar-refractivity contribution in [3.05, 3.63) is 65.0 Å². The zero-order valence-electron chi connectivity index (χ0n) is 11.1. The van der Waals surface area contributed by atoms with E-state index in [4.69, 9.17) is 5.26 Å². The number of benzene rings is 2. The Hall–Kier alpha value is -2.34. The number of anilines is 1. The minimum atomic E-state index is -0.388. The fourth-order valence-electron chi connectivity index (χ4n) is 2.28. The third-order valence-corrected chi connectivity index (χ3v) is 3.61. The van der Waals surface area contributed by atoms with E-state index in [9.17, 15) is 4.39 Å². The van der Waals surface area contributed by atoms with Crippen molar-refractivity contribution in [2.75, 3.05) is 5.32 Å². The second-order valence-electron chi connectivity index (χ2n) is 5.17. The van der Waals surface area contributed by atoms with Crippen molar-refractivity contribution >= 4 is 5.69 Å². The summed E-state index contributed by atoms with van der Waals surface area (Å²) in [6.45, 7) is 0.630. The van der Waals surface area contributed by atoms with Crippen LogP contribution in [0.5, 0.6) is 0 Å². The SMILES string of the molecule is N#Cc1cc(F)ccc1NCc1ccc(C2CC2)cc1. The van der Waals surface area contributed by atoms with Crippen LogP contribution in [0.2, 0.25) is 0 Å². The van der Waals surface area contributed by atoms with Crippen LogP contribution in [0.4, 0.5) is 10.1 Å². The molecule has 0 spiro atoms. The topological polar surface area (TPSA) is 35.8 Å². The van der Waals surface area contributed by atoms with Gasteiger partial charge in [0.05, 0.1) is 11.3 Å². The molecule has 1 aliphatic rings. The van der Waals surface area contributed by atoms with Crippen molar-refractivity contribution in [2.24, 2.45) is 0 Å². The second-order valence-corrected chi connectivity index (χ2v) is 5.17. The number of nitrogens with one attached hydrogen (secondary N) is 1. The highest BCUT2D eigenvalue weighted by Crippen LogP contribution is 2.39. The predicted octanol–water partition coefficient (Wildman–Crippen LogP) is 4.19. The average Bonchev–Trinajstić information content (AvgIpc) is 3.31. The van der Waals surface area contributed by atoms with E-state index in [0.717, 1.165) is 11.5 Å². The molecule has 2 nitrogen and oxygen atoms in total. The first-order chi connectivity index (χ1) is 9.76. The number of nitriles is 1. The minimum absolute atomic E-state index is 0.333. The van der Waals surface area contributed by atoms with Gasteiger partial charge < -0.3 is 5.32 Å². The van der Waals surface area contributed by atoms with E-state index in [-0.39, 0.29) is 5.82 Å². The monoisotopic (exact) mass is 266 g/mol. The van der Waals surface area contributed by atoms with Crippen LogP contribution in [-0.2, 0) is 6.54 Å². The highest BCUT2D eigenvalue weighted by atomic mass is 19.1. The van der Waals surface area contributed by atoms with E-state index in [1.54, 1.807) is 6.07 Å². The summed E-state index contributed by atoms with van der Waals surface area (Å²) in [7, 11) is 0. The maximum absolute atomic E-state index is 13.0. The molecular formula is C17H15FN2. The van der Waals surface area contributed by atoms with E-state index in [1.807, 2.05) is 6.07 Å². The molecule has 0 heterocycles. The first-order valence-electron chi connectivity index (χ1n) is 6.78. The maximum Gasteiger partial charge on any atom is 0.124 e. The Labute approximate surface area is 117 Å².